The lowest BCUT2D eigenvalue weighted by Gasteiger charge is -2.06. The molecule has 6 heteroatoms. The molecule has 0 fully saturated rings. The van der Waals surface area contributed by atoms with Gasteiger partial charge in [-0.3, -0.25) is 4.79 Å². The Balaban J connectivity index is 1.89. The molecule has 0 atom stereocenters. The van der Waals surface area contributed by atoms with Crippen LogP contribution in [0.1, 0.15) is 0 Å². The number of benzene rings is 2. The molecule has 0 radical (unpaired) electrons. The van der Waals surface area contributed by atoms with E-state index in [1.807, 2.05) is 12.1 Å². The summed E-state index contributed by atoms with van der Waals surface area (Å²) >= 11 is 13.1. The van der Waals surface area contributed by atoms with Gasteiger partial charge in [0, 0.05) is 16.3 Å². The molecule has 104 valence electrons. The Kier molecular flexibility index (Phi) is 5.17. The van der Waals surface area contributed by atoms with Gasteiger partial charge in [0.05, 0.1) is 15.8 Å². The van der Waals surface area contributed by atoms with Crippen molar-refractivity contribution < 1.29 is 4.79 Å². The lowest BCUT2D eigenvalue weighted by atomic mass is 10.3. The number of carbonyl (C=O) groups excluding carboxylic acids is 1. The molecule has 0 aromatic heterocycles. The van der Waals surface area contributed by atoms with E-state index in [-0.39, 0.29) is 5.91 Å². The molecule has 2 rings (SSSR count). The van der Waals surface area contributed by atoms with Crippen molar-refractivity contribution in [2.75, 3.05) is 16.8 Å². The Hall–Kier alpha value is -1.36. The third-order valence-corrected chi connectivity index (χ3v) is 4.20. The largest absolute Gasteiger partial charge is 0.399 e. The van der Waals surface area contributed by atoms with Crippen molar-refractivity contribution in [2.45, 2.75) is 4.90 Å². The number of hydrogen-bond donors (Lipinski definition) is 2. The van der Waals surface area contributed by atoms with Gasteiger partial charge in [-0.2, -0.15) is 0 Å². The van der Waals surface area contributed by atoms with Crippen molar-refractivity contribution in [3.05, 3.63) is 52.5 Å². The third kappa shape index (κ3) is 4.34. The number of nitrogens with two attached hydrogens (primary N) is 1. The molecular weight excluding hydrogens is 315 g/mol. The van der Waals surface area contributed by atoms with Gasteiger partial charge >= 0.3 is 0 Å². The molecule has 1 amide bonds. The van der Waals surface area contributed by atoms with E-state index < -0.39 is 0 Å². The van der Waals surface area contributed by atoms with Crippen molar-refractivity contribution in [3.63, 3.8) is 0 Å². The minimum atomic E-state index is -0.106. The van der Waals surface area contributed by atoms with E-state index in [4.69, 9.17) is 28.9 Å². The number of thioether (sulfide) groups is 1. The standard InChI is InChI=1S/C14H12Cl2N2OS/c15-12-6-3-10(7-13(12)16)18-14(19)8-20-11-4-1-9(17)2-5-11/h1-7H,8,17H2,(H,18,19). The number of amides is 1. The first-order valence-electron chi connectivity index (χ1n) is 5.78. The summed E-state index contributed by atoms with van der Waals surface area (Å²) < 4.78 is 0. The van der Waals surface area contributed by atoms with Crippen LogP contribution in [0.3, 0.4) is 0 Å². The molecule has 0 saturated heterocycles. The summed E-state index contributed by atoms with van der Waals surface area (Å²) in [4.78, 5) is 12.8. The number of rotatable bonds is 4. The molecule has 0 unspecified atom stereocenters. The van der Waals surface area contributed by atoms with Gasteiger partial charge in [0.25, 0.3) is 0 Å². The first-order chi connectivity index (χ1) is 9.54. The van der Waals surface area contributed by atoms with E-state index in [2.05, 4.69) is 5.32 Å². The highest BCUT2D eigenvalue weighted by molar-refractivity contribution is 8.00. The molecular formula is C14H12Cl2N2OS. The average Bonchev–Trinajstić information content (AvgIpc) is 2.42. The van der Waals surface area contributed by atoms with Crippen LogP contribution in [-0.2, 0) is 4.79 Å². The molecule has 0 aliphatic rings. The number of nitrogens with one attached hydrogen (secondary N) is 1. The SMILES string of the molecule is Nc1ccc(SCC(=O)Nc2ccc(Cl)c(Cl)c2)cc1. The van der Waals surface area contributed by atoms with Crippen LogP contribution in [0.15, 0.2) is 47.4 Å². The molecule has 0 bridgehead atoms. The minimum Gasteiger partial charge on any atom is -0.399 e. The molecule has 0 saturated carbocycles. The fraction of sp³-hybridized carbons (Fsp3) is 0.0714. The van der Waals surface area contributed by atoms with Gasteiger partial charge in [-0.25, -0.2) is 0 Å². The second kappa shape index (κ2) is 6.88. The van der Waals surface area contributed by atoms with Crippen molar-refractivity contribution in [2.24, 2.45) is 0 Å². The molecule has 2 aromatic rings. The highest BCUT2D eigenvalue weighted by Crippen LogP contribution is 2.25. The smallest absolute Gasteiger partial charge is 0.234 e. The quantitative estimate of drug-likeness (QED) is 0.650. The predicted molar refractivity (Wildman–Crippen MR) is 86.7 cm³/mol. The van der Waals surface area contributed by atoms with Gasteiger partial charge in [-0.15, -0.1) is 11.8 Å². The number of halogens is 2. The van der Waals surface area contributed by atoms with Crippen LogP contribution in [-0.4, -0.2) is 11.7 Å². The van der Waals surface area contributed by atoms with E-state index in [9.17, 15) is 4.79 Å². The lowest BCUT2D eigenvalue weighted by molar-refractivity contribution is -0.113. The van der Waals surface area contributed by atoms with Gasteiger partial charge in [-0.05, 0) is 42.5 Å². The normalized spacial score (nSPS) is 10.3. The van der Waals surface area contributed by atoms with Crippen LogP contribution >= 0.6 is 35.0 Å². The van der Waals surface area contributed by atoms with Crippen molar-refractivity contribution >= 4 is 52.2 Å². The zero-order valence-electron chi connectivity index (χ0n) is 10.4. The summed E-state index contributed by atoms with van der Waals surface area (Å²) in [5.74, 6) is 0.203. The molecule has 3 nitrogen and oxygen atoms in total. The zero-order chi connectivity index (χ0) is 14.5. The monoisotopic (exact) mass is 326 g/mol. The summed E-state index contributed by atoms with van der Waals surface area (Å²) in [6.45, 7) is 0. The predicted octanol–water partition coefficient (Wildman–Crippen LogP) is 4.31. The summed E-state index contributed by atoms with van der Waals surface area (Å²) in [5, 5.41) is 3.64. The molecule has 0 aliphatic carbocycles. The van der Waals surface area contributed by atoms with Gasteiger partial charge in [0.2, 0.25) is 5.91 Å². The molecule has 20 heavy (non-hydrogen) atoms. The maximum Gasteiger partial charge on any atom is 0.234 e. The number of nitrogen functional groups attached to an aromatic ring is 1. The Morgan fingerprint density at radius 3 is 2.45 bits per heavy atom. The van der Waals surface area contributed by atoms with E-state index in [0.717, 1.165) is 4.90 Å². The summed E-state index contributed by atoms with van der Waals surface area (Å²) in [6.07, 6.45) is 0. The molecule has 0 spiro atoms. The highest BCUT2D eigenvalue weighted by Gasteiger charge is 2.05. The van der Waals surface area contributed by atoms with Crippen LogP contribution in [0, 0.1) is 0 Å². The lowest BCUT2D eigenvalue weighted by Crippen LogP contribution is -2.13. The first-order valence-corrected chi connectivity index (χ1v) is 7.52. The van der Waals surface area contributed by atoms with Gasteiger partial charge in [0.15, 0.2) is 0 Å². The van der Waals surface area contributed by atoms with Crippen molar-refractivity contribution in [1.29, 1.82) is 0 Å². The van der Waals surface area contributed by atoms with E-state index in [1.165, 1.54) is 11.8 Å². The second-order valence-corrected chi connectivity index (χ2v) is 5.90. The van der Waals surface area contributed by atoms with Gasteiger partial charge in [-0.1, -0.05) is 23.2 Å². The van der Waals surface area contributed by atoms with E-state index in [0.29, 0.717) is 27.2 Å². The zero-order valence-corrected chi connectivity index (χ0v) is 12.7. The topological polar surface area (TPSA) is 55.1 Å². The fourth-order valence-electron chi connectivity index (χ4n) is 1.48. The van der Waals surface area contributed by atoms with E-state index in [1.54, 1.807) is 30.3 Å². The Labute approximate surface area is 131 Å². The maximum absolute atomic E-state index is 11.8. The van der Waals surface area contributed by atoms with Crippen molar-refractivity contribution in [3.8, 4) is 0 Å². The first kappa shape index (κ1) is 15.0. The van der Waals surface area contributed by atoms with Crippen molar-refractivity contribution in [1.82, 2.24) is 0 Å². The van der Waals surface area contributed by atoms with Crippen LogP contribution in [0.5, 0.6) is 0 Å². The van der Waals surface area contributed by atoms with Crippen LogP contribution < -0.4 is 11.1 Å². The number of anilines is 2. The maximum atomic E-state index is 11.8. The van der Waals surface area contributed by atoms with Crippen LogP contribution in [0.2, 0.25) is 10.0 Å². The number of carbonyl (C=O) groups is 1. The van der Waals surface area contributed by atoms with E-state index >= 15 is 0 Å². The third-order valence-electron chi connectivity index (χ3n) is 2.45. The summed E-state index contributed by atoms with van der Waals surface area (Å²) in [7, 11) is 0. The fourth-order valence-corrected chi connectivity index (χ4v) is 2.48. The Morgan fingerprint density at radius 2 is 1.80 bits per heavy atom. The molecule has 3 N–H and O–H groups in total. The highest BCUT2D eigenvalue weighted by atomic mass is 35.5. The number of hydrogen-bond acceptors (Lipinski definition) is 3. The van der Waals surface area contributed by atoms with Crippen LogP contribution in [0.25, 0.3) is 0 Å². The van der Waals surface area contributed by atoms with Gasteiger partial charge in [0.1, 0.15) is 0 Å². The summed E-state index contributed by atoms with van der Waals surface area (Å²) in [6, 6.07) is 12.3. The Morgan fingerprint density at radius 1 is 1.10 bits per heavy atom. The molecule has 2 aromatic carbocycles. The Bertz CT molecular complexity index is 617. The second-order valence-electron chi connectivity index (χ2n) is 4.03. The van der Waals surface area contributed by atoms with Crippen LogP contribution in [0.4, 0.5) is 11.4 Å². The minimum absolute atomic E-state index is 0.106. The summed E-state index contributed by atoms with van der Waals surface area (Å²) in [5.41, 5.74) is 6.93. The molecule has 0 aliphatic heterocycles. The molecule has 0 heterocycles. The average molecular weight is 327 g/mol. The van der Waals surface area contributed by atoms with Gasteiger partial charge < -0.3 is 11.1 Å².